The molecule has 0 unspecified atom stereocenters. The van der Waals surface area contributed by atoms with Gasteiger partial charge >= 0.3 is 0 Å². The van der Waals surface area contributed by atoms with E-state index in [0.717, 1.165) is 12.2 Å². The van der Waals surface area contributed by atoms with E-state index >= 15 is 0 Å². The number of hydrogen-bond donors (Lipinski definition) is 2. The molecular formula is C16H23BrN2O. The Bertz CT molecular complexity index is 450. The van der Waals surface area contributed by atoms with Crippen LogP contribution in [0.2, 0.25) is 0 Å². The van der Waals surface area contributed by atoms with Crippen LogP contribution in [0.3, 0.4) is 0 Å². The van der Waals surface area contributed by atoms with Gasteiger partial charge in [-0.25, -0.2) is 0 Å². The van der Waals surface area contributed by atoms with E-state index in [4.69, 9.17) is 0 Å². The standard InChI is InChI=1S/C16H23BrN2O/c1-2-18-16(9-4-3-5-10-16)13-7-6-8-14(11-13)19-15(20)12-17/h6-8,11,18H,2-5,9-10,12H2,1H3,(H,19,20). The summed E-state index contributed by atoms with van der Waals surface area (Å²) in [6, 6.07) is 8.28. The van der Waals surface area contributed by atoms with Gasteiger partial charge in [0.15, 0.2) is 0 Å². The second kappa shape index (κ2) is 7.23. The molecule has 1 aliphatic carbocycles. The Balaban J connectivity index is 2.24. The van der Waals surface area contributed by atoms with E-state index < -0.39 is 0 Å². The summed E-state index contributed by atoms with van der Waals surface area (Å²) in [6.07, 6.45) is 6.22. The normalized spacial score (nSPS) is 17.7. The molecule has 2 rings (SSSR count). The number of rotatable bonds is 5. The van der Waals surface area contributed by atoms with E-state index in [0.29, 0.717) is 5.33 Å². The van der Waals surface area contributed by atoms with Gasteiger partial charge in [0.2, 0.25) is 5.91 Å². The number of halogens is 1. The topological polar surface area (TPSA) is 41.1 Å². The first-order chi connectivity index (χ1) is 9.70. The number of carbonyl (C=O) groups excluding carboxylic acids is 1. The smallest absolute Gasteiger partial charge is 0.235 e. The van der Waals surface area contributed by atoms with Crippen molar-refractivity contribution in [2.75, 3.05) is 17.2 Å². The number of nitrogens with one attached hydrogen (secondary N) is 2. The van der Waals surface area contributed by atoms with Crippen molar-refractivity contribution < 1.29 is 4.79 Å². The minimum Gasteiger partial charge on any atom is -0.325 e. The van der Waals surface area contributed by atoms with Crippen molar-refractivity contribution in [1.29, 1.82) is 0 Å². The third-order valence-corrected chi connectivity index (χ3v) is 4.55. The van der Waals surface area contributed by atoms with Crippen LogP contribution in [-0.4, -0.2) is 17.8 Å². The van der Waals surface area contributed by atoms with E-state index in [-0.39, 0.29) is 11.4 Å². The molecule has 0 bridgehead atoms. The lowest BCUT2D eigenvalue weighted by Crippen LogP contribution is -2.43. The quantitative estimate of drug-likeness (QED) is 0.802. The van der Waals surface area contributed by atoms with Crippen LogP contribution in [-0.2, 0) is 10.3 Å². The molecule has 0 atom stereocenters. The molecule has 1 aromatic carbocycles. The molecule has 3 nitrogen and oxygen atoms in total. The van der Waals surface area contributed by atoms with Crippen LogP contribution < -0.4 is 10.6 Å². The lowest BCUT2D eigenvalue weighted by Gasteiger charge is -2.39. The molecule has 0 radical (unpaired) electrons. The van der Waals surface area contributed by atoms with Crippen molar-refractivity contribution in [3.8, 4) is 0 Å². The highest BCUT2D eigenvalue weighted by molar-refractivity contribution is 9.09. The number of anilines is 1. The summed E-state index contributed by atoms with van der Waals surface area (Å²) in [5.74, 6) is -0.0108. The Kier molecular flexibility index (Phi) is 5.61. The Labute approximate surface area is 129 Å². The Morgan fingerprint density at radius 2 is 2.05 bits per heavy atom. The predicted molar refractivity (Wildman–Crippen MR) is 87.3 cm³/mol. The number of alkyl halides is 1. The molecule has 2 N–H and O–H groups in total. The van der Waals surface area contributed by atoms with Crippen LogP contribution >= 0.6 is 15.9 Å². The van der Waals surface area contributed by atoms with Crippen LogP contribution in [0.15, 0.2) is 24.3 Å². The molecule has 1 aliphatic rings. The van der Waals surface area contributed by atoms with Crippen molar-refractivity contribution in [2.45, 2.75) is 44.6 Å². The molecule has 0 saturated heterocycles. The van der Waals surface area contributed by atoms with Crippen LogP contribution in [0.25, 0.3) is 0 Å². The molecule has 0 spiro atoms. The first-order valence-electron chi connectivity index (χ1n) is 7.41. The van der Waals surface area contributed by atoms with E-state index in [1.165, 1.54) is 37.7 Å². The first kappa shape index (κ1) is 15.5. The van der Waals surface area contributed by atoms with E-state index in [1.54, 1.807) is 0 Å². The molecule has 1 amide bonds. The second-order valence-corrected chi connectivity index (χ2v) is 6.00. The summed E-state index contributed by atoms with van der Waals surface area (Å²) < 4.78 is 0. The third-order valence-electron chi connectivity index (χ3n) is 4.04. The molecule has 1 aromatic rings. The summed E-state index contributed by atoms with van der Waals surface area (Å²) in [5, 5.41) is 6.93. The van der Waals surface area contributed by atoms with Gasteiger partial charge in [0.1, 0.15) is 0 Å². The van der Waals surface area contributed by atoms with Crippen LogP contribution in [0.5, 0.6) is 0 Å². The van der Waals surface area contributed by atoms with Crippen molar-refractivity contribution in [3.63, 3.8) is 0 Å². The first-order valence-corrected chi connectivity index (χ1v) is 8.54. The highest BCUT2D eigenvalue weighted by Gasteiger charge is 2.32. The van der Waals surface area contributed by atoms with Gasteiger partial charge in [-0.05, 0) is 37.1 Å². The van der Waals surface area contributed by atoms with Gasteiger partial charge in [-0.15, -0.1) is 0 Å². The van der Waals surface area contributed by atoms with E-state index in [1.807, 2.05) is 12.1 Å². The predicted octanol–water partition coefficient (Wildman–Crippen LogP) is 3.79. The van der Waals surface area contributed by atoms with Crippen molar-refractivity contribution in [2.24, 2.45) is 0 Å². The monoisotopic (exact) mass is 338 g/mol. The number of carbonyl (C=O) groups is 1. The maximum absolute atomic E-state index is 11.5. The molecular weight excluding hydrogens is 316 g/mol. The zero-order valence-corrected chi connectivity index (χ0v) is 13.6. The average Bonchev–Trinajstić information content (AvgIpc) is 2.48. The fourth-order valence-corrected chi connectivity index (χ4v) is 3.29. The molecule has 20 heavy (non-hydrogen) atoms. The molecule has 0 heterocycles. The summed E-state index contributed by atoms with van der Waals surface area (Å²) in [7, 11) is 0. The SMILES string of the molecule is CCNC1(c2cccc(NC(=O)CBr)c2)CCCCC1. The number of hydrogen-bond acceptors (Lipinski definition) is 2. The molecule has 1 saturated carbocycles. The van der Waals surface area contributed by atoms with Crippen LogP contribution in [0, 0.1) is 0 Å². The largest absolute Gasteiger partial charge is 0.325 e. The van der Waals surface area contributed by atoms with Gasteiger partial charge in [-0.3, -0.25) is 4.79 Å². The fourth-order valence-electron chi connectivity index (χ4n) is 3.15. The summed E-state index contributed by atoms with van der Waals surface area (Å²) in [4.78, 5) is 11.5. The molecule has 0 aromatic heterocycles. The van der Waals surface area contributed by atoms with Crippen LogP contribution in [0.1, 0.15) is 44.6 Å². The lowest BCUT2D eigenvalue weighted by atomic mass is 9.76. The van der Waals surface area contributed by atoms with Gasteiger partial charge in [0, 0.05) is 11.2 Å². The van der Waals surface area contributed by atoms with Crippen LogP contribution in [0.4, 0.5) is 5.69 Å². The van der Waals surface area contributed by atoms with Crippen molar-refractivity contribution in [3.05, 3.63) is 29.8 Å². The highest BCUT2D eigenvalue weighted by Crippen LogP contribution is 2.37. The summed E-state index contributed by atoms with van der Waals surface area (Å²) in [5.41, 5.74) is 2.27. The second-order valence-electron chi connectivity index (χ2n) is 5.44. The maximum atomic E-state index is 11.5. The molecule has 4 heteroatoms. The zero-order chi connectivity index (χ0) is 14.4. The third kappa shape index (κ3) is 3.61. The van der Waals surface area contributed by atoms with Crippen molar-refractivity contribution >= 4 is 27.5 Å². The molecule has 0 aliphatic heterocycles. The number of amides is 1. The van der Waals surface area contributed by atoms with E-state index in [2.05, 4.69) is 45.6 Å². The van der Waals surface area contributed by atoms with Crippen molar-refractivity contribution in [1.82, 2.24) is 5.32 Å². The lowest BCUT2D eigenvalue weighted by molar-refractivity contribution is -0.113. The highest BCUT2D eigenvalue weighted by atomic mass is 79.9. The van der Waals surface area contributed by atoms with Gasteiger partial charge in [0.25, 0.3) is 0 Å². The Morgan fingerprint density at radius 3 is 2.70 bits per heavy atom. The minimum absolute atomic E-state index is 0.0108. The maximum Gasteiger partial charge on any atom is 0.235 e. The van der Waals surface area contributed by atoms with Gasteiger partial charge in [-0.1, -0.05) is 54.2 Å². The Morgan fingerprint density at radius 1 is 1.30 bits per heavy atom. The van der Waals surface area contributed by atoms with Gasteiger partial charge in [0.05, 0.1) is 5.33 Å². The molecule has 110 valence electrons. The minimum atomic E-state index is -0.0108. The average molecular weight is 339 g/mol. The summed E-state index contributed by atoms with van der Waals surface area (Å²) >= 11 is 3.18. The number of benzene rings is 1. The molecule has 1 fully saturated rings. The fraction of sp³-hybridized carbons (Fsp3) is 0.562. The van der Waals surface area contributed by atoms with Gasteiger partial charge in [-0.2, -0.15) is 0 Å². The zero-order valence-electron chi connectivity index (χ0n) is 12.0. The Hall–Kier alpha value is -0.870. The van der Waals surface area contributed by atoms with E-state index in [9.17, 15) is 4.79 Å². The van der Waals surface area contributed by atoms with Gasteiger partial charge < -0.3 is 10.6 Å². The summed E-state index contributed by atoms with van der Waals surface area (Å²) in [6.45, 7) is 3.13.